The Morgan fingerprint density at radius 3 is 2.58 bits per heavy atom. The van der Waals surface area contributed by atoms with Gasteiger partial charge in [-0.05, 0) is 59.1 Å². The second-order valence-electron chi connectivity index (χ2n) is 6.78. The molecule has 0 bridgehead atoms. The van der Waals surface area contributed by atoms with Gasteiger partial charge in [0.2, 0.25) is 0 Å². The number of benzene rings is 2. The molecule has 1 atom stereocenters. The summed E-state index contributed by atoms with van der Waals surface area (Å²) in [6.45, 7) is 4.14. The molecule has 0 spiro atoms. The minimum Gasteiger partial charge on any atom is -0.490 e. The molecule has 2 aromatic carbocycles. The van der Waals surface area contributed by atoms with Crippen LogP contribution < -0.4 is 9.47 Å². The molecular weight excluding hydrogens is 464 g/mol. The van der Waals surface area contributed by atoms with Crippen LogP contribution in [-0.2, 0) is 25.7 Å². The fraction of sp³-hybridized carbons (Fsp3) is 0.208. The van der Waals surface area contributed by atoms with Gasteiger partial charge < -0.3 is 14.2 Å². The number of hydrogen-bond acceptors (Lipinski definition) is 6. The normalized spacial score (nSPS) is 16.1. The Morgan fingerprint density at radius 2 is 1.90 bits per heavy atom. The number of halogens is 1. The van der Waals surface area contributed by atoms with Crippen molar-refractivity contribution in [3.05, 3.63) is 76.0 Å². The number of ether oxygens (including phenoxy) is 3. The molecule has 0 amide bonds. The Hall–Kier alpha value is -3.19. The standard InChI is InChI=1S/C24H21BrO6/c1-3-29-21-13-17(9-10-19(26)22-20(27)11-15(2)31-24(22)28)12-18(25)23(21)30-14-16-7-5-4-6-8-16/h4-13,22H,3,14H2,1-2H3/b10-9+. The number of allylic oxidation sites excluding steroid dienone is 3. The average Bonchev–Trinajstić information content (AvgIpc) is 2.72. The number of cyclic esters (lactones) is 1. The van der Waals surface area contributed by atoms with Crippen molar-refractivity contribution >= 4 is 39.5 Å². The lowest BCUT2D eigenvalue weighted by Gasteiger charge is -2.16. The second kappa shape index (κ2) is 10.2. The zero-order valence-electron chi connectivity index (χ0n) is 17.1. The molecule has 2 aromatic rings. The van der Waals surface area contributed by atoms with Crippen LogP contribution in [0.1, 0.15) is 25.0 Å². The quantitative estimate of drug-likeness (QED) is 0.308. The van der Waals surface area contributed by atoms with Crippen LogP contribution in [0.25, 0.3) is 6.08 Å². The molecule has 1 aliphatic heterocycles. The van der Waals surface area contributed by atoms with Crippen LogP contribution in [0.2, 0.25) is 0 Å². The predicted molar refractivity (Wildman–Crippen MR) is 118 cm³/mol. The molecule has 0 aliphatic carbocycles. The van der Waals surface area contributed by atoms with E-state index in [1.165, 1.54) is 19.1 Å². The number of rotatable bonds is 8. The third kappa shape index (κ3) is 5.70. The van der Waals surface area contributed by atoms with Crippen molar-refractivity contribution in [1.82, 2.24) is 0 Å². The minimum atomic E-state index is -1.47. The summed E-state index contributed by atoms with van der Waals surface area (Å²) >= 11 is 3.49. The molecule has 0 aromatic heterocycles. The molecule has 160 valence electrons. The van der Waals surface area contributed by atoms with Crippen molar-refractivity contribution < 1.29 is 28.6 Å². The smallest absolute Gasteiger partial charge is 0.329 e. The van der Waals surface area contributed by atoms with E-state index in [9.17, 15) is 14.4 Å². The van der Waals surface area contributed by atoms with Crippen molar-refractivity contribution in [3.8, 4) is 11.5 Å². The lowest BCUT2D eigenvalue weighted by Crippen LogP contribution is -2.34. The van der Waals surface area contributed by atoms with E-state index in [4.69, 9.17) is 14.2 Å². The fourth-order valence-corrected chi connectivity index (χ4v) is 3.57. The largest absolute Gasteiger partial charge is 0.490 e. The molecule has 1 unspecified atom stereocenters. The lowest BCUT2D eigenvalue weighted by molar-refractivity contribution is -0.151. The van der Waals surface area contributed by atoms with Crippen LogP contribution >= 0.6 is 15.9 Å². The van der Waals surface area contributed by atoms with Gasteiger partial charge in [0.1, 0.15) is 12.4 Å². The Labute approximate surface area is 188 Å². The molecule has 6 nitrogen and oxygen atoms in total. The summed E-state index contributed by atoms with van der Waals surface area (Å²) in [5.41, 5.74) is 1.65. The molecule has 0 N–H and O–H groups in total. The third-order valence-electron chi connectivity index (χ3n) is 4.41. The summed E-state index contributed by atoms with van der Waals surface area (Å²) in [5, 5.41) is 0. The number of ketones is 2. The molecule has 1 heterocycles. The van der Waals surface area contributed by atoms with Gasteiger partial charge in [-0.2, -0.15) is 0 Å². The van der Waals surface area contributed by atoms with Crippen LogP contribution in [0, 0.1) is 5.92 Å². The van der Waals surface area contributed by atoms with E-state index in [0.717, 1.165) is 11.6 Å². The van der Waals surface area contributed by atoms with Crippen molar-refractivity contribution in [2.75, 3.05) is 6.61 Å². The van der Waals surface area contributed by atoms with E-state index >= 15 is 0 Å². The maximum absolute atomic E-state index is 12.4. The van der Waals surface area contributed by atoms with E-state index in [2.05, 4.69) is 15.9 Å². The molecule has 0 radical (unpaired) electrons. The van der Waals surface area contributed by atoms with E-state index in [1.54, 1.807) is 12.1 Å². The van der Waals surface area contributed by atoms with Gasteiger partial charge in [0.15, 0.2) is 29.0 Å². The Bertz CT molecular complexity index is 1060. The number of hydrogen-bond donors (Lipinski definition) is 0. The summed E-state index contributed by atoms with van der Waals surface area (Å²) in [5.74, 6) is -2.32. The molecule has 0 saturated heterocycles. The fourth-order valence-electron chi connectivity index (χ4n) is 2.99. The van der Waals surface area contributed by atoms with Gasteiger partial charge in [-0.25, -0.2) is 0 Å². The van der Waals surface area contributed by atoms with Crippen molar-refractivity contribution in [1.29, 1.82) is 0 Å². The van der Waals surface area contributed by atoms with Gasteiger partial charge in [-0.3, -0.25) is 14.4 Å². The number of carbonyl (C=O) groups excluding carboxylic acids is 3. The zero-order valence-corrected chi connectivity index (χ0v) is 18.7. The molecule has 7 heteroatoms. The van der Waals surface area contributed by atoms with Crippen LogP contribution in [-0.4, -0.2) is 24.1 Å². The van der Waals surface area contributed by atoms with Crippen LogP contribution in [0.5, 0.6) is 11.5 Å². The molecule has 0 fully saturated rings. The highest BCUT2D eigenvalue weighted by molar-refractivity contribution is 9.10. The first kappa shape index (κ1) is 22.5. The van der Waals surface area contributed by atoms with Gasteiger partial charge in [0.25, 0.3) is 0 Å². The first-order valence-electron chi connectivity index (χ1n) is 9.68. The first-order chi connectivity index (χ1) is 14.9. The SMILES string of the molecule is CCOc1cc(/C=C/C(=O)C2C(=O)C=C(C)OC2=O)cc(Br)c1OCc1ccccc1. The highest BCUT2D eigenvalue weighted by Crippen LogP contribution is 2.38. The topological polar surface area (TPSA) is 78.9 Å². The van der Waals surface area contributed by atoms with E-state index in [-0.39, 0.29) is 5.76 Å². The molecular formula is C24H21BrO6. The maximum Gasteiger partial charge on any atom is 0.329 e. The second-order valence-corrected chi connectivity index (χ2v) is 7.64. The summed E-state index contributed by atoms with van der Waals surface area (Å²) < 4.78 is 17.2. The van der Waals surface area contributed by atoms with Gasteiger partial charge in [-0.1, -0.05) is 36.4 Å². The molecule has 31 heavy (non-hydrogen) atoms. The van der Waals surface area contributed by atoms with E-state index in [1.807, 2.05) is 37.3 Å². The lowest BCUT2D eigenvalue weighted by atomic mass is 9.96. The maximum atomic E-state index is 12.4. The Balaban J connectivity index is 1.79. The van der Waals surface area contributed by atoms with Crippen LogP contribution in [0.15, 0.2) is 64.8 Å². The molecule has 3 rings (SSSR count). The van der Waals surface area contributed by atoms with Gasteiger partial charge >= 0.3 is 5.97 Å². The molecule has 0 saturated carbocycles. The summed E-state index contributed by atoms with van der Waals surface area (Å²) in [4.78, 5) is 36.3. The predicted octanol–water partition coefficient (Wildman–Crippen LogP) is 4.66. The Morgan fingerprint density at radius 1 is 1.16 bits per heavy atom. The van der Waals surface area contributed by atoms with Crippen LogP contribution in [0.3, 0.4) is 0 Å². The molecule has 1 aliphatic rings. The highest BCUT2D eigenvalue weighted by Gasteiger charge is 2.36. The van der Waals surface area contributed by atoms with E-state index < -0.39 is 23.5 Å². The van der Waals surface area contributed by atoms with Gasteiger partial charge in [-0.15, -0.1) is 0 Å². The monoisotopic (exact) mass is 484 g/mol. The van der Waals surface area contributed by atoms with Gasteiger partial charge in [0.05, 0.1) is 11.1 Å². The summed E-state index contributed by atoms with van der Waals surface area (Å²) in [6.07, 6.45) is 3.86. The van der Waals surface area contributed by atoms with Crippen molar-refractivity contribution in [2.45, 2.75) is 20.5 Å². The summed E-state index contributed by atoms with van der Waals surface area (Å²) in [7, 11) is 0. The Kier molecular flexibility index (Phi) is 7.41. The van der Waals surface area contributed by atoms with Crippen molar-refractivity contribution in [2.24, 2.45) is 5.92 Å². The minimum absolute atomic E-state index is 0.180. The number of carbonyl (C=O) groups is 3. The van der Waals surface area contributed by atoms with Gasteiger partial charge in [0, 0.05) is 6.08 Å². The zero-order chi connectivity index (χ0) is 22.4. The number of esters is 1. The summed E-state index contributed by atoms with van der Waals surface area (Å²) in [6, 6.07) is 13.2. The highest BCUT2D eigenvalue weighted by atomic mass is 79.9. The van der Waals surface area contributed by atoms with E-state index in [0.29, 0.717) is 34.7 Å². The third-order valence-corrected chi connectivity index (χ3v) is 5.00. The van der Waals surface area contributed by atoms with Crippen molar-refractivity contribution in [3.63, 3.8) is 0 Å². The van der Waals surface area contributed by atoms with Crippen LogP contribution in [0.4, 0.5) is 0 Å². The first-order valence-corrected chi connectivity index (χ1v) is 10.5. The average molecular weight is 485 g/mol.